The van der Waals surface area contributed by atoms with Crippen LogP contribution in [-0.4, -0.2) is 52.0 Å². The van der Waals surface area contributed by atoms with Crippen LogP contribution in [0.2, 0.25) is 0 Å². The molecule has 1 aliphatic heterocycles. The summed E-state index contributed by atoms with van der Waals surface area (Å²) in [5, 5.41) is 7.84. The van der Waals surface area contributed by atoms with Crippen molar-refractivity contribution < 1.29 is 17.9 Å². The maximum atomic E-state index is 12.5. The van der Waals surface area contributed by atoms with Crippen LogP contribution in [0.3, 0.4) is 0 Å². The van der Waals surface area contributed by atoms with E-state index in [4.69, 9.17) is 0 Å². The molecule has 0 radical (unpaired) electrons. The molecule has 0 unspecified atom stereocenters. The molecule has 2 aromatic heterocycles. The number of hydrogen-bond acceptors (Lipinski definition) is 5. The summed E-state index contributed by atoms with van der Waals surface area (Å²) in [6.45, 7) is 4.00. The topological polar surface area (TPSA) is 54.7 Å². The van der Waals surface area contributed by atoms with Gasteiger partial charge < -0.3 is 15.0 Å². The van der Waals surface area contributed by atoms with Gasteiger partial charge in [0.1, 0.15) is 11.6 Å². The van der Waals surface area contributed by atoms with E-state index in [1.807, 2.05) is 12.1 Å². The minimum Gasteiger partial charge on any atom is -0.406 e. The summed E-state index contributed by atoms with van der Waals surface area (Å²) in [5.74, 6) is 0.411. The first-order valence-electron chi connectivity index (χ1n) is 9.15. The lowest BCUT2D eigenvalue weighted by molar-refractivity contribution is -0.274. The molecular formula is C19H20F3N5O. The van der Waals surface area contributed by atoms with Crippen LogP contribution in [0.15, 0.2) is 42.6 Å². The summed E-state index contributed by atoms with van der Waals surface area (Å²) in [5.41, 5.74) is 1.74. The molecule has 0 spiro atoms. The zero-order valence-corrected chi connectivity index (χ0v) is 15.1. The minimum atomic E-state index is -4.73. The second-order valence-electron chi connectivity index (χ2n) is 6.68. The maximum absolute atomic E-state index is 12.5. The molecule has 3 aromatic rings. The lowest BCUT2D eigenvalue weighted by Crippen LogP contribution is -2.26. The average Bonchev–Trinajstić information content (AvgIpc) is 3.30. The molecule has 1 N–H and O–H groups in total. The van der Waals surface area contributed by atoms with Gasteiger partial charge in [-0.05, 0) is 50.2 Å². The van der Waals surface area contributed by atoms with Gasteiger partial charge in [-0.15, -0.1) is 18.3 Å². The highest BCUT2D eigenvalue weighted by molar-refractivity contribution is 5.65. The summed E-state index contributed by atoms with van der Waals surface area (Å²) in [4.78, 5) is 6.69. The number of rotatable bonds is 6. The Balaban J connectivity index is 1.53. The average molecular weight is 391 g/mol. The van der Waals surface area contributed by atoms with E-state index in [1.54, 1.807) is 16.8 Å². The molecule has 0 amide bonds. The summed E-state index contributed by atoms with van der Waals surface area (Å²) in [6, 6.07) is 9.46. The van der Waals surface area contributed by atoms with E-state index in [2.05, 4.69) is 25.0 Å². The maximum Gasteiger partial charge on any atom is 0.573 e. The Bertz CT molecular complexity index is 950. The van der Waals surface area contributed by atoms with Crippen LogP contribution in [-0.2, 0) is 0 Å². The zero-order valence-electron chi connectivity index (χ0n) is 15.1. The number of benzene rings is 1. The molecule has 1 aromatic carbocycles. The molecule has 6 nitrogen and oxygen atoms in total. The molecule has 0 saturated carbocycles. The second kappa shape index (κ2) is 7.67. The second-order valence-corrected chi connectivity index (χ2v) is 6.68. The van der Waals surface area contributed by atoms with Crippen molar-refractivity contribution in [3.63, 3.8) is 0 Å². The van der Waals surface area contributed by atoms with E-state index in [9.17, 15) is 13.2 Å². The lowest BCUT2D eigenvalue weighted by atomic mass is 10.1. The standard InChI is InChI=1S/C19H20F3N5O/c20-19(21,22)28-15-5-3-4-14(12-15)16-13-24-18-7-6-17(25-27(16)18)23-8-11-26-9-1-2-10-26/h3-7,12-13H,1-2,8-11H2,(H,23,25). The fourth-order valence-corrected chi connectivity index (χ4v) is 3.37. The quantitative estimate of drug-likeness (QED) is 0.693. The lowest BCUT2D eigenvalue weighted by Gasteiger charge is -2.15. The van der Waals surface area contributed by atoms with Gasteiger partial charge in [0.2, 0.25) is 0 Å². The normalized spacial score (nSPS) is 15.2. The Morgan fingerprint density at radius 1 is 1.11 bits per heavy atom. The van der Waals surface area contributed by atoms with Gasteiger partial charge in [0, 0.05) is 18.7 Å². The van der Waals surface area contributed by atoms with E-state index < -0.39 is 6.36 Å². The molecule has 148 valence electrons. The van der Waals surface area contributed by atoms with E-state index in [0.29, 0.717) is 22.7 Å². The van der Waals surface area contributed by atoms with Gasteiger partial charge in [-0.3, -0.25) is 0 Å². The molecule has 0 bridgehead atoms. The molecular weight excluding hydrogens is 371 g/mol. The zero-order chi connectivity index (χ0) is 19.6. The number of halogens is 3. The van der Waals surface area contributed by atoms with Crippen LogP contribution >= 0.6 is 0 Å². The smallest absolute Gasteiger partial charge is 0.406 e. The molecule has 4 rings (SSSR count). The molecule has 1 fully saturated rings. The Labute approximate surface area is 159 Å². The number of anilines is 1. The van der Waals surface area contributed by atoms with E-state index in [-0.39, 0.29) is 5.75 Å². The molecule has 3 heterocycles. The van der Waals surface area contributed by atoms with Gasteiger partial charge in [0.25, 0.3) is 0 Å². The number of fused-ring (bicyclic) bond motifs is 1. The van der Waals surface area contributed by atoms with E-state index >= 15 is 0 Å². The first-order chi connectivity index (χ1) is 13.5. The van der Waals surface area contributed by atoms with Crippen molar-refractivity contribution in [3.8, 4) is 17.0 Å². The SMILES string of the molecule is FC(F)(F)Oc1cccc(-c2cnc3ccc(NCCN4CCCC4)nn23)c1. The summed E-state index contributed by atoms with van der Waals surface area (Å²) in [7, 11) is 0. The fourth-order valence-electron chi connectivity index (χ4n) is 3.37. The van der Waals surface area contributed by atoms with Crippen molar-refractivity contribution >= 4 is 11.5 Å². The third kappa shape index (κ3) is 4.36. The summed E-state index contributed by atoms with van der Waals surface area (Å²) >= 11 is 0. The Morgan fingerprint density at radius 3 is 2.71 bits per heavy atom. The molecule has 1 saturated heterocycles. The summed E-state index contributed by atoms with van der Waals surface area (Å²) in [6.07, 6.45) is -0.648. The van der Waals surface area contributed by atoms with Crippen molar-refractivity contribution in [2.24, 2.45) is 0 Å². The van der Waals surface area contributed by atoms with Gasteiger partial charge in [-0.1, -0.05) is 12.1 Å². The highest BCUT2D eigenvalue weighted by Crippen LogP contribution is 2.28. The summed E-state index contributed by atoms with van der Waals surface area (Å²) < 4.78 is 43.1. The molecule has 0 aliphatic carbocycles. The van der Waals surface area contributed by atoms with Gasteiger partial charge in [0.15, 0.2) is 5.65 Å². The third-order valence-corrected chi connectivity index (χ3v) is 4.66. The number of alkyl halides is 3. The Hall–Kier alpha value is -2.81. The van der Waals surface area contributed by atoms with Crippen LogP contribution in [0.5, 0.6) is 5.75 Å². The Morgan fingerprint density at radius 2 is 1.93 bits per heavy atom. The number of aromatic nitrogens is 3. The number of nitrogens with one attached hydrogen (secondary N) is 1. The minimum absolute atomic E-state index is 0.278. The van der Waals surface area contributed by atoms with Crippen LogP contribution in [0.25, 0.3) is 16.9 Å². The first kappa shape index (κ1) is 18.5. The van der Waals surface area contributed by atoms with Gasteiger partial charge in [-0.2, -0.15) is 0 Å². The highest BCUT2D eigenvalue weighted by Gasteiger charge is 2.31. The molecule has 28 heavy (non-hydrogen) atoms. The van der Waals surface area contributed by atoms with E-state index in [0.717, 1.165) is 26.2 Å². The molecule has 1 aliphatic rings. The molecule has 0 atom stereocenters. The monoisotopic (exact) mass is 391 g/mol. The van der Waals surface area contributed by atoms with Gasteiger partial charge in [-0.25, -0.2) is 9.50 Å². The predicted octanol–water partition coefficient (Wildman–Crippen LogP) is 3.80. The highest BCUT2D eigenvalue weighted by atomic mass is 19.4. The van der Waals surface area contributed by atoms with Crippen molar-refractivity contribution in [3.05, 3.63) is 42.6 Å². The van der Waals surface area contributed by atoms with Crippen LogP contribution in [0, 0.1) is 0 Å². The van der Waals surface area contributed by atoms with Crippen LogP contribution in [0.4, 0.5) is 19.0 Å². The largest absolute Gasteiger partial charge is 0.573 e. The van der Waals surface area contributed by atoms with E-state index in [1.165, 1.54) is 31.0 Å². The number of hydrogen-bond donors (Lipinski definition) is 1. The third-order valence-electron chi connectivity index (χ3n) is 4.66. The number of likely N-dealkylation sites (tertiary alicyclic amines) is 1. The molecule has 9 heteroatoms. The van der Waals surface area contributed by atoms with Crippen molar-refractivity contribution in [1.29, 1.82) is 0 Å². The van der Waals surface area contributed by atoms with Gasteiger partial charge >= 0.3 is 6.36 Å². The van der Waals surface area contributed by atoms with Gasteiger partial charge in [0.05, 0.1) is 11.9 Å². The fraction of sp³-hybridized carbons (Fsp3) is 0.368. The van der Waals surface area contributed by atoms with Crippen molar-refractivity contribution in [2.75, 3.05) is 31.5 Å². The number of imidazole rings is 1. The number of ether oxygens (including phenoxy) is 1. The van der Waals surface area contributed by atoms with Crippen molar-refractivity contribution in [2.45, 2.75) is 19.2 Å². The van der Waals surface area contributed by atoms with Crippen LogP contribution in [0.1, 0.15) is 12.8 Å². The predicted molar refractivity (Wildman–Crippen MR) is 99.3 cm³/mol. The Kier molecular flexibility index (Phi) is 5.08. The number of nitrogens with zero attached hydrogens (tertiary/aromatic N) is 4. The first-order valence-corrected chi connectivity index (χ1v) is 9.15. The van der Waals surface area contributed by atoms with Crippen LogP contribution < -0.4 is 10.1 Å². The van der Waals surface area contributed by atoms with Crippen molar-refractivity contribution in [1.82, 2.24) is 19.5 Å².